The van der Waals surface area contributed by atoms with Gasteiger partial charge in [0, 0.05) is 19.4 Å². The fourth-order valence-electron chi connectivity index (χ4n) is 2.47. The molecule has 1 saturated heterocycles. The molecule has 0 radical (unpaired) electrons. The average Bonchev–Trinajstić information content (AvgIpc) is 2.85. The Hall–Kier alpha value is -0.940. The molecule has 2 rings (SSSR count). The Balaban J connectivity index is 1.77. The van der Waals surface area contributed by atoms with Crippen molar-refractivity contribution in [2.45, 2.75) is 32.6 Å². The minimum Gasteiger partial charge on any atom is -0.339 e. The molecule has 0 spiro atoms. The summed E-state index contributed by atoms with van der Waals surface area (Å²) in [6.45, 7) is 6.71. The van der Waals surface area contributed by atoms with Crippen molar-refractivity contribution in [2.75, 3.05) is 33.2 Å². The summed E-state index contributed by atoms with van der Waals surface area (Å²) in [7, 11) is 1.93. The largest absolute Gasteiger partial charge is 0.339 e. The molecule has 0 amide bonds. The van der Waals surface area contributed by atoms with E-state index in [4.69, 9.17) is 4.52 Å². The second kappa shape index (κ2) is 6.85. The molecule has 1 aliphatic heterocycles. The van der Waals surface area contributed by atoms with Gasteiger partial charge in [-0.2, -0.15) is 4.98 Å². The maximum absolute atomic E-state index is 5.24. The van der Waals surface area contributed by atoms with Crippen LogP contribution in [-0.4, -0.2) is 48.3 Å². The van der Waals surface area contributed by atoms with Gasteiger partial charge in [-0.25, -0.2) is 0 Å². The van der Waals surface area contributed by atoms with Crippen LogP contribution in [0.3, 0.4) is 0 Å². The van der Waals surface area contributed by atoms with Crippen LogP contribution in [0, 0.1) is 5.92 Å². The van der Waals surface area contributed by atoms with Crippen LogP contribution < -0.4 is 5.32 Å². The summed E-state index contributed by atoms with van der Waals surface area (Å²) in [4.78, 5) is 6.95. The van der Waals surface area contributed by atoms with E-state index in [1.807, 2.05) is 7.05 Å². The van der Waals surface area contributed by atoms with E-state index in [-0.39, 0.29) is 0 Å². The zero-order valence-corrected chi connectivity index (χ0v) is 11.5. The van der Waals surface area contributed by atoms with E-state index in [0.717, 1.165) is 37.0 Å². The van der Waals surface area contributed by atoms with Gasteiger partial charge in [0.15, 0.2) is 5.82 Å². The number of hydrogen-bond acceptors (Lipinski definition) is 5. The van der Waals surface area contributed by atoms with Gasteiger partial charge < -0.3 is 14.7 Å². The van der Waals surface area contributed by atoms with Crippen LogP contribution in [0.4, 0.5) is 0 Å². The van der Waals surface area contributed by atoms with Crippen molar-refractivity contribution in [1.82, 2.24) is 20.4 Å². The first kappa shape index (κ1) is 13.5. The third-order valence-electron chi connectivity index (χ3n) is 3.72. The van der Waals surface area contributed by atoms with E-state index >= 15 is 0 Å². The van der Waals surface area contributed by atoms with E-state index in [9.17, 15) is 0 Å². The van der Waals surface area contributed by atoms with Crippen molar-refractivity contribution < 1.29 is 4.52 Å². The highest BCUT2D eigenvalue weighted by molar-refractivity contribution is 4.90. The highest BCUT2D eigenvalue weighted by atomic mass is 16.5. The number of nitrogens with zero attached hydrogens (tertiary/aromatic N) is 3. The number of nitrogens with one attached hydrogen (secondary N) is 1. The van der Waals surface area contributed by atoms with E-state index in [2.05, 4.69) is 27.3 Å². The van der Waals surface area contributed by atoms with Crippen LogP contribution in [0.15, 0.2) is 4.52 Å². The Kier molecular flexibility index (Phi) is 5.13. The molecule has 18 heavy (non-hydrogen) atoms. The van der Waals surface area contributed by atoms with E-state index in [1.165, 1.54) is 32.5 Å². The molecule has 0 saturated carbocycles. The van der Waals surface area contributed by atoms with Gasteiger partial charge >= 0.3 is 0 Å². The van der Waals surface area contributed by atoms with Gasteiger partial charge in [0.25, 0.3) is 0 Å². The smallest absolute Gasteiger partial charge is 0.227 e. The second-order valence-corrected chi connectivity index (χ2v) is 5.04. The minimum absolute atomic E-state index is 0.725. The number of piperidine rings is 1. The van der Waals surface area contributed by atoms with Gasteiger partial charge in [-0.1, -0.05) is 12.1 Å². The van der Waals surface area contributed by atoms with Gasteiger partial charge in [0.05, 0.1) is 0 Å². The van der Waals surface area contributed by atoms with Crippen LogP contribution in [0.25, 0.3) is 0 Å². The summed E-state index contributed by atoms with van der Waals surface area (Å²) in [5.74, 6) is 2.36. The summed E-state index contributed by atoms with van der Waals surface area (Å²) in [5, 5.41) is 7.16. The highest BCUT2D eigenvalue weighted by Gasteiger charge is 2.20. The first-order valence-electron chi connectivity index (χ1n) is 7.00. The van der Waals surface area contributed by atoms with Crippen molar-refractivity contribution >= 4 is 0 Å². The maximum Gasteiger partial charge on any atom is 0.227 e. The molecular formula is C13H24N4O. The maximum atomic E-state index is 5.24. The lowest BCUT2D eigenvalue weighted by atomic mass is 9.93. The molecule has 1 fully saturated rings. The summed E-state index contributed by atoms with van der Waals surface area (Å²) in [6, 6.07) is 0. The van der Waals surface area contributed by atoms with Crippen LogP contribution >= 0.6 is 0 Å². The predicted octanol–water partition coefficient (Wildman–Crippen LogP) is 1.11. The number of rotatable bonds is 6. The molecule has 0 aliphatic carbocycles. The Labute approximate surface area is 109 Å². The minimum atomic E-state index is 0.725. The molecule has 1 N–H and O–H groups in total. The van der Waals surface area contributed by atoms with Gasteiger partial charge in [-0.05, 0) is 45.4 Å². The van der Waals surface area contributed by atoms with Crippen LogP contribution in [0.2, 0.25) is 0 Å². The fourth-order valence-corrected chi connectivity index (χ4v) is 2.47. The normalized spacial score (nSPS) is 18.3. The van der Waals surface area contributed by atoms with Crippen molar-refractivity contribution in [3.63, 3.8) is 0 Å². The van der Waals surface area contributed by atoms with Crippen molar-refractivity contribution in [3.05, 3.63) is 11.7 Å². The molecule has 1 aromatic heterocycles. The highest BCUT2D eigenvalue weighted by Crippen LogP contribution is 2.20. The van der Waals surface area contributed by atoms with Gasteiger partial charge in [0.1, 0.15) is 0 Å². The predicted molar refractivity (Wildman–Crippen MR) is 70.5 cm³/mol. The third kappa shape index (κ3) is 3.78. The third-order valence-corrected chi connectivity index (χ3v) is 3.72. The summed E-state index contributed by atoms with van der Waals surface area (Å²) >= 11 is 0. The lowest BCUT2D eigenvalue weighted by Crippen LogP contribution is -2.34. The molecule has 0 unspecified atom stereocenters. The number of likely N-dealkylation sites (N-methyl/N-ethyl adjacent to an activating group) is 1. The van der Waals surface area contributed by atoms with Crippen molar-refractivity contribution in [2.24, 2.45) is 5.92 Å². The van der Waals surface area contributed by atoms with Crippen LogP contribution in [-0.2, 0) is 12.8 Å². The fraction of sp³-hybridized carbons (Fsp3) is 0.846. The van der Waals surface area contributed by atoms with E-state index < -0.39 is 0 Å². The van der Waals surface area contributed by atoms with E-state index in [0.29, 0.717) is 0 Å². The first-order chi connectivity index (χ1) is 8.81. The average molecular weight is 252 g/mol. The Morgan fingerprint density at radius 2 is 2.17 bits per heavy atom. The van der Waals surface area contributed by atoms with Crippen LogP contribution in [0.1, 0.15) is 31.5 Å². The van der Waals surface area contributed by atoms with E-state index in [1.54, 1.807) is 0 Å². The molecule has 5 nitrogen and oxygen atoms in total. The summed E-state index contributed by atoms with van der Waals surface area (Å²) in [6.07, 6.45) is 4.31. The molecule has 5 heteroatoms. The number of likely N-dealkylation sites (tertiary alicyclic amines) is 1. The quantitative estimate of drug-likeness (QED) is 0.822. The van der Waals surface area contributed by atoms with Gasteiger partial charge in [0.2, 0.25) is 5.89 Å². The van der Waals surface area contributed by atoms with Crippen molar-refractivity contribution in [3.8, 4) is 0 Å². The molecule has 1 aliphatic rings. The van der Waals surface area contributed by atoms with Crippen LogP contribution in [0.5, 0.6) is 0 Å². The Bertz CT molecular complexity index is 345. The monoisotopic (exact) mass is 252 g/mol. The Morgan fingerprint density at radius 3 is 2.83 bits per heavy atom. The topological polar surface area (TPSA) is 54.2 Å². The first-order valence-corrected chi connectivity index (χ1v) is 7.00. The Morgan fingerprint density at radius 1 is 1.39 bits per heavy atom. The molecular weight excluding hydrogens is 228 g/mol. The molecule has 0 aromatic carbocycles. The lowest BCUT2D eigenvalue weighted by molar-refractivity contribution is 0.190. The second-order valence-electron chi connectivity index (χ2n) is 5.04. The number of aromatic nitrogens is 2. The van der Waals surface area contributed by atoms with Gasteiger partial charge in [-0.15, -0.1) is 0 Å². The molecule has 1 aromatic rings. The zero-order chi connectivity index (χ0) is 12.8. The molecule has 2 heterocycles. The SMILES string of the molecule is CCN1CCC(Cc2noc(CCNC)n2)CC1. The summed E-state index contributed by atoms with van der Waals surface area (Å²) < 4.78 is 5.24. The molecule has 102 valence electrons. The summed E-state index contributed by atoms with van der Waals surface area (Å²) in [5.41, 5.74) is 0. The molecule has 0 bridgehead atoms. The zero-order valence-electron chi connectivity index (χ0n) is 11.5. The van der Waals surface area contributed by atoms with Gasteiger partial charge in [-0.3, -0.25) is 0 Å². The molecule has 0 atom stereocenters. The van der Waals surface area contributed by atoms with Crippen molar-refractivity contribution in [1.29, 1.82) is 0 Å². The standard InChI is InChI=1S/C13H24N4O/c1-3-17-8-5-11(6-9-17)10-12-15-13(18-16-12)4-7-14-2/h11,14H,3-10H2,1-2H3. The number of hydrogen-bond donors (Lipinski definition) is 1. The lowest BCUT2D eigenvalue weighted by Gasteiger charge is -2.30.